The lowest BCUT2D eigenvalue weighted by Gasteiger charge is -2.04. The predicted octanol–water partition coefficient (Wildman–Crippen LogP) is 4.91. The van der Waals surface area contributed by atoms with Gasteiger partial charge >= 0.3 is 0 Å². The van der Waals surface area contributed by atoms with Crippen LogP contribution in [-0.4, -0.2) is 10.9 Å². The van der Waals surface area contributed by atoms with E-state index in [1.54, 1.807) is 12.1 Å². The van der Waals surface area contributed by atoms with Crippen LogP contribution in [0, 0.1) is 5.82 Å². The molecule has 1 aromatic heterocycles. The van der Waals surface area contributed by atoms with Crippen LogP contribution in [0.15, 0.2) is 53.9 Å². The summed E-state index contributed by atoms with van der Waals surface area (Å²) in [6, 6.07) is 14.0. The van der Waals surface area contributed by atoms with E-state index >= 15 is 0 Å². The fourth-order valence-electron chi connectivity index (χ4n) is 2.24. The molecule has 0 aliphatic carbocycles. The van der Waals surface area contributed by atoms with Crippen LogP contribution in [-0.2, 0) is 11.3 Å². The smallest absolute Gasteiger partial charge is 0.224 e. The highest BCUT2D eigenvalue weighted by molar-refractivity contribution is 7.14. The lowest BCUT2D eigenvalue weighted by Crippen LogP contribution is -2.08. The Hall–Kier alpha value is -2.73. The minimum absolute atomic E-state index is 0.00584. The number of anilines is 2. The van der Waals surface area contributed by atoms with Gasteiger partial charge in [-0.25, -0.2) is 9.37 Å². The summed E-state index contributed by atoms with van der Waals surface area (Å²) >= 11 is 1.52. The predicted molar refractivity (Wildman–Crippen MR) is 100 cm³/mol. The summed E-state index contributed by atoms with van der Waals surface area (Å²) in [5.74, 6) is -0.243. The van der Waals surface area contributed by atoms with Gasteiger partial charge in [0.25, 0.3) is 0 Å². The first-order chi connectivity index (χ1) is 12.1. The molecular formula is C19H18FN3OS. The van der Waals surface area contributed by atoms with Crippen molar-refractivity contribution in [2.45, 2.75) is 19.9 Å². The van der Waals surface area contributed by atoms with Crippen molar-refractivity contribution in [1.82, 2.24) is 4.98 Å². The fraction of sp³-hybridized carbons (Fsp3) is 0.158. The van der Waals surface area contributed by atoms with Crippen LogP contribution in [0.3, 0.4) is 0 Å². The Morgan fingerprint density at radius 2 is 1.84 bits per heavy atom. The topological polar surface area (TPSA) is 54.0 Å². The summed E-state index contributed by atoms with van der Waals surface area (Å²) in [5.41, 5.74) is 3.63. The van der Waals surface area contributed by atoms with E-state index in [0.717, 1.165) is 27.6 Å². The molecule has 128 valence electrons. The van der Waals surface area contributed by atoms with Crippen molar-refractivity contribution in [2.75, 3.05) is 10.6 Å². The van der Waals surface area contributed by atoms with Crippen LogP contribution >= 0.6 is 11.3 Å². The molecule has 25 heavy (non-hydrogen) atoms. The van der Waals surface area contributed by atoms with E-state index in [9.17, 15) is 9.18 Å². The summed E-state index contributed by atoms with van der Waals surface area (Å²) in [5, 5.41) is 8.85. The molecule has 1 amide bonds. The third-order valence-electron chi connectivity index (χ3n) is 3.65. The number of nitrogens with one attached hydrogen (secondary N) is 2. The van der Waals surface area contributed by atoms with E-state index in [-0.39, 0.29) is 11.7 Å². The number of carbonyl (C=O) groups is 1. The molecule has 2 aromatic carbocycles. The van der Waals surface area contributed by atoms with Crippen molar-refractivity contribution in [3.05, 3.63) is 65.3 Å². The Kier molecular flexibility index (Phi) is 5.40. The van der Waals surface area contributed by atoms with Crippen molar-refractivity contribution >= 4 is 28.1 Å². The Morgan fingerprint density at radius 3 is 2.52 bits per heavy atom. The first-order valence-corrected chi connectivity index (χ1v) is 8.86. The zero-order valence-corrected chi connectivity index (χ0v) is 14.6. The largest absolute Gasteiger partial charge is 0.357 e. The van der Waals surface area contributed by atoms with Crippen molar-refractivity contribution in [2.24, 2.45) is 0 Å². The molecule has 0 fully saturated rings. The van der Waals surface area contributed by atoms with Crippen LogP contribution in [0.1, 0.15) is 18.9 Å². The highest BCUT2D eigenvalue weighted by Gasteiger charge is 2.06. The first-order valence-electron chi connectivity index (χ1n) is 7.98. The number of nitrogens with zero attached hydrogens (tertiary/aromatic N) is 1. The number of rotatable bonds is 6. The number of halogens is 1. The van der Waals surface area contributed by atoms with Gasteiger partial charge in [-0.3, -0.25) is 4.79 Å². The molecular weight excluding hydrogens is 337 g/mol. The summed E-state index contributed by atoms with van der Waals surface area (Å²) < 4.78 is 12.9. The van der Waals surface area contributed by atoms with Crippen LogP contribution < -0.4 is 10.6 Å². The van der Waals surface area contributed by atoms with E-state index in [0.29, 0.717) is 13.0 Å². The molecule has 0 aliphatic rings. The normalized spacial score (nSPS) is 10.5. The molecule has 0 unspecified atom stereocenters. The minimum Gasteiger partial charge on any atom is -0.357 e. The van der Waals surface area contributed by atoms with Gasteiger partial charge < -0.3 is 10.6 Å². The number of amides is 1. The van der Waals surface area contributed by atoms with Crippen molar-refractivity contribution in [1.29, 1.82) is 0 Å². The lowest BCUT2D eigenvalue weighted by molar-refractivity contribution is -0.115. The Balaban J connectivity index is 1.62. The molecule has 6 heteroatoms. The van der Waals surface area contributed by atoms with E-state index < -0.39 is 0 Å². The van der Waals surface area contributed by atoms with E-state index in [4.69, 9.17) is 0 Å². The number of hydrogen-bond donors (Lipinski definition) is 2. The molecule has 3 aromatic rings. The lowest BCUT2D eigenvalue weighted by atomic mass is 10.1. The zero-order valence-electron chi connectivity index (χ0n) is 13.8. The average molecular weight is 355 g/mol. The summed E-state index contributed by atoms with van der Waals surface area (Å²) in [4.78, 5) is 16.0. The van der Waals surface area contributed by atoms with Gasteiger partial charge in [0.2, 0.25) is 5.91 Å². The summed E-state index contributed by atoms with van der Waals surface area (Å²) in [6.45, 7) is 2.41. The van der Waals surface area contributed by atoms with Gasteiger partial charge in [0.05, 0.1) is 5.69 Å². The standard InChI is InChI=1S/C19H18FN3OS/c1-2-18(24)22-16-9-5-14(6-10-16)17-12-25-19(23-17)21-11-13-3-7-15(20)8-4-13/h3-10,12H,2,11H2,1H3,(H,21,23)(H,22,24). The summed E-state index contributed by atoms with van der Waals surface area (Å²) in [6.07, 6.45) is 0.455. The molecule has 0 saturated carbocycles. The molecule has 0 bridgehead atoms. The maximum absolute atomic E-state index is 12.9. The summed E-state index contributed by atoms with van der Waals surface area (Å²) in [7, 11) is 0. The second-order valence-corrected chi connectivity index (χ2v) is 6.36. The monoisotopic (exact) mass is 355 g/mol. The molecule has 2 N–H and O–H groups in total. The number of hydrogen-bond acceptors (Lipinski definition) is 4. The molecule has 0 atom stereocenters. The Bertz CT molecular complexity index is 844. The molecule has 0 saturated heterocycles. The highest BCUT2D eigenvalue weighted by atomic mass is 32.1. The van der Waals surface area contributed by atoms with Gasteiger partial charge in [-0.2, -0.15) is 0 Å². The maximum atomic E-state index is 12.9. The van der Waals surface area contributed by atoms with Crippen LogP contribution in [0.4, 0.5) is 15.2 Å². The van der Waals surface area contributed by atoms with Gasteiger partial charge in [0.1, 0.15) is 5.82 Å². The van der Waals surface area contributed by atoms with Gasteiger partial charge in [-0.15, -0.1) is 11.3 Å². The quantitative estimate of drug-likeness (QED) is 0.660. The average Bonchev–Trinajstić information content (AvgIpc) is 3.11. The third kappa shape index (κ3) is 4.64. The maximum Gasteiger partial charge on any atom is 0.224 e. The fourth-order valence-corrected chi connectivity index (χ4v) is 2.96. The van der Waals surface area contributed by atoms with E-state index in [1.165, 1.54) is 23.5 Å². The molecule has 3 rings (SSSR count). The Labute approximate surface area is 149 Å². The number of aromatic nitrogens is 1. The minimum atomic E-state index is -0.237. The van der Waals surface area contributed by atoms with Crippen molar-refractivity contribution in [3.8, 4) is 11.3 Å². The van der Waals surface area contributed by atoms with Crippen LogP contribution in [0.25, 0.3) is 11.3 Å². The second kappa shape index (κ2) is 7.90. The number of benzene rings is 2. The Morgan fingerprint density at radius 1 is 1.12 bits per heavy atom. The van der Waals surface area contributed by atoms with Gasteiger partial charge in [-0.1, -0.05) is 31.2 Å². The van der Waals surface area contributed by atoms with E-state index in [1.807, 2.05) is 36.6 Å². The molecule has 1 heterocycles. The van der Waals surface area contributed by atoms with Crippen molar-refractivity contribution < 1.29 is 9.18 Å². The SMILES string of the molecule is CCC(=O)Nc1ccc(-c2csc(NCc3ccc(F)cc3)n2)cc1. The van der Waals surface area contributed by atoms with Gasteiger partial charge in [-0.05, 0) is 29.8 Å². The first kappa shape index (κ1) is 17.1. The van der Waals surface area contributed by atoms with Crippen LogP contribution in [0.5, 0.6) is 0 Å². The highest BCUT2D eigenvalue weighted by Crippen LogP contribution is 2.26. The number of thiazole rings is 1. The second-order valence-electron chi connectivity index (χ2n) is 5.50. The molecule has 0 radical (unpaired) electrons. The van der Waals surface area contributed by atoms with E-state index in [2.05, 4.69) is 15.6 Å². The molecule has 4 nitrogen and oxygen atoms in total. The molecule has 0 spiro atoms. The number of carbonyl (C=O) groups excluding carboxylic acids is 1. The van der Waals surface area contributed by atoms with Crippen molar-refractivity contribution in [3.63, 3.8) is 0 Å². The molecule has 0 aliphatic heterocycles. The van der Waals surface area contributed by atoms with Crippen LogP contribution in [0.2, 0.25) is 0 Å². The third-order valence-corrected chi connectivity index (χ3v) is 4.45. The van der Waals surface area contributed by atoms with Gasteiger partial charge in [0, 0.05) is 29.6 Å². The zero-order chi connectivity index (χ0) is 17.6. The van der Waals surface area contributed by atoms with Gasteiger partial charge in [0.15, 0.2) is 5.13 Å².